The number of carbonyl (C=O) groups is 1. The molecule has 0 saturated heterocycles. The zero-order chi connectivity index (χ0) is 18.5. The highest BCUT2D eigenvalue weighted by molar-refractivity contribution is 7.99. The second-order valence-electron chi connectivity index (χ2n) is 5.77. The molecular weight excluding hydrogens is 353 g/mol. The number of amides is 1. The van der Waals surface area contributed by atoms with Crippen molar-refractivity contribution >= 4 is 23.4 Å². The Labute approximate surface area is 155 Å². The van der Waals surface area contributed by atoms with Gasteiger partial charge in [0.15, 0.2) is 5.16 Å². The summed E-state index contributed by atoms with van der Waals surface area (Å²) in [6, 6.07) is 9.74. The molecule has 1 amide bonds. The number of nitrogens with zero attached hydrogens (tertiary/aromatic N) is 4. The first-order valence-corrected chi connectivity index (χ1v) is 9.26. The smallest absolute Gasteiger partial charge is 0.234 e. The fourth-order valence-corrected chi connectivity index (χ4v) is 3.40. The van der Waals surface area contributed by atoms with E-state index in [1.807, 2.05) is 30.8 Å². The Morgan fingerprint density at radius 1 is 1.23 bits per heavy atom. The number of carbonyl (C=O) groups excluding carboxylic acids is 1. The standard InChI is InChI=1S/C18H20FN5OS/c1-3-24-16(11-15-5-4-10-23(15)2)21-22-18(24)26-12-17(25)20-14-8-6-13(19)7-9-14/h4-10H,3,11-12H2,1-2H3,(H,20,25). The molecule has 1 N–H and O–H groups in total. The maximum atomic E-state index is 12.9. The molecule has 3 rings (SSSR count). The van der Waals surface area contributed by atoms with E-state index in [4.69, 9.17) is 0 Å². The largest absolute Gasteiger partial charge is 0.354 e. The topological polar surface area (TPSA) is 64.7 Å². The fraction of sp³-hybridized carbons (Fsp3) is 0.278. The van der Waals surface area contributed by atoms with E-state index in [1.54, 1.807) is 0 Å². The van der Waals surface area contributed by atoms with Gasteiger partial charge in [0.2, 0.25) is 5.91 Å². The van der Waals surface area contributed by atoms with E-state index in [2.05, 4.69) is 26.1 Å². The van der Waals surface area contributed by atoms with Crippen molar-refractivity contribution < 1.29 is 9.18 Å². The molecule has 0 bridgehead atoms. The van der Waals surface area contributed by atoms with Crippen LogP contribution in [0.2, 0.25) is 0 Å². The van der Waals surface area contributed by atoms with Crippen LogP contribution in [0.15, 0.2) is 47.8 Å². The van der Waals surface area contributed by atoms with Gasteiger partial charge in [-0.2, -0.15) is 0 Å². The third kappa shape index (κ3) is 4.32. The van der Waals surface area contributed by atoms with Gasteiger partial charge < -0.3 is 14.5 Å². The Kier molecular flexibility index (Phi) is 5.72. The van der Waals surface area contributed by atoms with Crippen LogP contribution >= 0.6 is 11.8 Å². The normalized spacial score (nSPS) is 10.9. The molecule has 0 aliphatic rings. The van der Waals surface area contributed by atoms with E-state index in [-0.39, 0.29) is 17.5 Å². The highest BCUT2D eigenvalue weighted by Gasteiger charge is 2.14. The van der Waals surface area contributed by atoms with Crippen molar-refractivity contribution in [1.82, 2.24) is 19.3 Å². The van der Waals surface area contributed by atoms with Crippen LogP contribution in [0.4, 0.5) is 10.1 Å². The second-order valence-corrected chi connectivity index (χ2v) is 6.72. The molecule has 0 unspecified atom stereocenters. The van der Waals surface area contributed by atoms with E-state index in [0.29, 0.717) is 17.3 Å². The second kappa shape index (κ2) is 8.18. The van der Waals surface area contributed by atoms with Gasteiger partial charge in [0.1, 0.15) is 11.6 Å². The van der Waals surface area contributed by atoms with Gasteiger partial charge in [0.25, 0.3) is 0 Å². The molecule has 1 aromatic carbocycles. The monoisotopic (exact) mass is 373 g/mol. The fourth-order valence-electron chi connectivity index (χ4n) is 2.58. The number of halogens is 1. The predicted octanol–water partition coefficient (Wildman–Crippen LogP) is 3.10. The van der Waals surface area contributed by atoms with E-state index in [9.17, 15) is 9.18 Å². The average Bonchev–Trinajstić information content (AvgIpc) is 3.21. The number of anilines is 1. The van der Waals surface area contributed by atoms with Crippen LogP contribution in [0.3, 0.4) is 0 Å². The van der Waals surface area contributed by atoms with Crippen LogP contribution in [0.1, 0.15) is 18.4 Å². The van der Waals surface area contributed by atoms with Crippen molar-refractivity contribution in [2.45, 2.75) is 25.0 Å². The van der Waals surface area contributed by atoms with Crippen molar-refractivity contribution in [2.24, 2.45) is 7.05 Å². The summed E-state index contributed by atoms with van der Waals surface area (Å²) in [6.07, 6.45) is 2.68. The molecule has 136 valence electrons. The minimum Gasteiger partial charge on any atom is -0.354 e. The first-order chi connectivity index (χ1) is 12.6. The molecule has 0 spiro atoms. The van der Waals surface area contributed by atoms with Crippen molar-refractivity contribution in [3.8, 4) is 0 Å². The minimum absolute atomic E-state index is 0.170. The van der Waals surface area contributed by atoms with Crippen LogP contribution in [0, 0.1) is 5.82 Å². The van der Waals surface area contributed by atoms with Crippen LogP contribution < -0.4 is 5.32 Å². The Balaban J connectivity index is 1.61. The number of nitrogens with one attached hydrogen (secondary N) is 1. The van der Waals surface area contributed by atoms with Gasteiger partial charge in [-0.15, -0.1) is 10.2 Å². The van der Waals surface area contributed by atoms with Crippen molar-refractivity contribution in [3.05, 3.63) is 59.9 Å². The first-order valence-electron chi connectivity index (χ1n) is 8.27. The summed E-state index contributed by atoms with van der Waals surface area (Å²) in [4.78, 5) is 12.1. The maximum Gasteiger partial charge on any atom is 0.234 e. The quantitative estimate of drug-likeness (QED) is 0.647. The van der Waals surface area contributed by atoms with Crippen molar-refractivity contribution in [3.63, 3.8) is 0 Å². The lowest BCUT2D eigenvalue weighted by Crippen LogP contribution is -2.14. The Morgan fingerprint density at radius 2 is 2.00 bits per heavy atom. The number of hydrogen-bond acceptors (Lipinski definition) is 4. The molecule has 0 atom stereocenters. The van der Waals surface area contributed by atoms with Gasteiger partial charge >= 0.3 is 0 Å². The van der Waals surface area contributed by atoms with Crippen molar-refractivity contribution in [1.29, 1.82) is 0 Å². The van der Waals surface area contributed by atoms with E-state index >= 15 is 0 Å². The summed E-state index contributed by atoms with van der Waals surface area (Å²) in [5.74, 6) is 0.575. The summed E-state index contributed by atoms with van der Waals surface area (Å²) < 4.78 is 17.0. The summed E-state index contributed by atoms with van der Waals surface area (Å²) in [7, 11) is 2.00. The average molecular weight is 373 g/mol. The highest BCUT2D eigenvalue weighted by Crippen LogP contribution is 2.19. The number of rotatable bonds is 7. The van der Waals surface area contributed by atoms with Gasteiger partial charge in [-0.05, 0) is 43.3 Å². The lowest BCUT2D eigenvalue weighted by Gasteiger charge is -2.08. The summed E-state index contributed by atoms with van der Waals surface area (Å²) in [6.45, 7) is 2.76. The Bertz CT molecular complexity index is 887. The maximum absolute atomic E-state index is 12.9. The molecule has 0 aliphatic heterocycles. The van der Waals surface area contributed by atoms with Crippen molar-refractivity contribution in [2.75, 3.05) is 11.1 Å². The van der Waals surface area contributed by atoms with E-state index in [0.717, 1.165) is 18.1 Å². The predicted molar refractivity (Wildman–Crippen MR) is 99.7 cm³/mol. The molecule has 0 saturated carbocycles. The van der Waals surface area contributed by atoms with Gasteiger partial charge in [-0.3, -0.25) is 4.79 Å². The molecular formula is C18H20FN5OS. The van der Waals surface area contributed by atoms with Crippen LogP contribution in [0.5, 0.6) is 0 Å². The molecule has 26 heavy (non-hydrogen) atoms. The number of thioether (sulfide) groups is 1. The van der Waals surface area contributed by atoms with Gasteiger partial charge in [-0.25, -0.2) is 4.39 Å². The Hall–Kier alpha value is -2.61. The number of benzene rings is 1. The molecule has 2 aromatic heterocycles. The summed E-state index contributed by atoms with van der Waals surface area (Å²) in [5, 5.41) is 12.0. The molecule has 3 aromatic rings. The van der Waals surface area contributed by atoms with Gasteiger partial charge in [0, 0.05) is 37.6 Å². The molecule has 2 heterocycles. The molecule has 0 aliphatic carbocycles. The van der Waals surface area contributed by atoms with Crippen LogP contribution in [-0.2, 0) is 24.8 Å². The number of hydrogen-bond donors (Lipinski definition) is 1. The van der Waals surface area contributed by atoms with Gasteiger partial charge in [0.05, 0.1) is 5.75 Å². The highest BCUT2D eigenvalue weighted by atomic mass is 32.2. The third-order valence-corrected chi connectivity index (χ3v) is 4.93. The third-order valence-electron chi connectivity index (χ3n) is 3.96. The zero-order valence-electron chi connectivity index (χ0n) is 14.6. The van der Waals surface area contributed by atoms with Crippen LogP contribution in [0.25, 0.3) is 0 Å². The Morgan fingerprint density at radius 3 is 2.65 bits per heavy atom. The lowest BCUT2D eigenvalue weighted by molar-refractivity contribution is -0.113. The molecule has 8 heteroatoms. The first kappa shape index (κ1) is 18.2. The molecule has 0 fully saturated rings. The lowest BCUT2D eigenvalue weighted by atomic mass is 10.3. The minimum atomic E-state index is -0.334. The van der Waals surface area contributed by atoms with E-state index < -0.39 is 0 Å². The van der Waals surface area contributed by atoms with Gasteiger partial charge in [-0.1, -0.05) is 11.8 Å². The molecule has 0 radical (unpaired) electrons. The molecule has 6 nitrogen and oxygen atoms in total. The number of aryl methyl sites for hydroxylation is 1. The SMILES string of the molecule is CCn1c(Cc2cccn2C)nnc1SCC(=O)Nc1ccc(F)cc1. The summed E-state index contributed by atoms with van der Waals surface area (Å²) >= 11 is 1.34. The summed E-state index contributed by atoms with van der Waals surface area (Å²) in [5.41, 5.74) is 1.72. The number of aromatic nitrogens is 4. The van der Waals surface area contributed by atoms with E-state index in [1.165, 1.54) is 36.0 Å². The zero-order valence-corrected chi connectivity index (χ0v) is 15.5. The van der Waals surface area contributed by atoms with Crippen LogP contribution in [-0.4, -0.2) is 31.0 Å².